The minimum Gasteiger partial charge on any atom is -0.393 e. The zero-order chi connectivity index (χ0) is 10.8. The first-order valence-corrected chi connectivity index (χ1v) is 5.46. The summed E-state index contributed by atoms with van der Waals surface area (Å²) in [7, 11) is 0. The lowest BCUT2D eigenvalue weighted by atomic mass is 9.97. The van der Waals surface area contributed by atoms with Gasteiger partial charge in [0, 0.05) is 25.5 Å². The number of piperidine rings is 1. The molecule has 1 fully saturated rings. The van der Waals surface area contributed by atoms with Crippen LogP contribution in [0.5, 0.6) is 0 Å². The van der Waals surface area contributed by atoms with Gasteiger partial charge in [-0.05, 0) is 12.3 Å². The zero-order valence-corrected chi connectivity index (χ0v) is 9.35. The van der Waals surface area contributed by atoms with E-state index >= 15 is 0 Å². The lowest BCUT2D eigenvalue weighted by molar-refractivity contribution is 0.0969. The van der Waals surface area contributed by atoms with Crippen LogP contribution in [0.2, 0.25) is 5.15 Å². The molecule has 2 heterocycles. The van der Waals surface area contributed by atoms with Gasteiger partial charge in [-0.2, -0.15) is 0 Å². The first kappa shape index (κ1) is 10.6. The van der Waals surface area contributed by atoms with Crippen molar-refractivity contribution in [1.82, 2.24) is 9.97 Å². The van der Waals surface area contributed by atoms with Gasteiger partial charge in [0.15, 0.2) is 11.0 Å². The fourth-order valence-electron chi connectivity index (χ4n) is 1.85. The number of anilines is 1. The van der Waals surface area contributed by atoms with Crippen LogP contribution in [0.4, 0.5) is 5.82 Å². The molecular weight excluding hydrogens is 214 g/mol. The van der Waals surface area contributed by atoms with Crippen LogP contribution in [-0.2, 0) is 0 Å². The second-order valence-electron chi connectivity index (χ2n) is 3.95. The Hall–Kier alpha value is -0.870. The molecule has 0 bridgehead atoms. The van der Waals surface area contributed by atoms with Gasteiger partial charge >= 0.3 is 0 Å². The topological polar surface area (TPSA) is 49.2 Å². The molecule has 2 rings (SSSR count). The molecule has 0 radical (unpaired) electrons. The molecule has 1 aromatic rings. The molecule has 1 aliphatic rings. The Kier molecular flexibility index (Phi) is 3.07. The smallest absolute Gasteiger partial charge is 0.171 e. The van der Waals surface area contributed by atoms with E-state index in [0.29, 0.717) is 5.15 Å². The van der Waals surface area contributed by atoms with E-state index < -0.39 is 0 Å². The van der Waals surface area contributed by atoms with E-state index in [1.807, 2.05) is 6.92 Å². The number of rotatable bonds is 1. The Balaban J connectivity index is 2.15. The number of aliphatic hydroxyl groups excluding tert-OH is 1. The standard InChI is InChI=1S/C10H14ClN3O/c1-7-6-14(5-2-8(7)15)10-9(11)12-3-4-13-10/h3-4,7-8,15H,2,5-6H2,1H3/t7-,8+/m0/s1. The van der Waals surface area contributed by atoms with Crippen LogP contribution in [0.1, 0.15) is 13.3 Å². The monoisotopic (exact) mass is 227 g/mol. The Morgan fingerprint density at radius 1 is 1.47 bits per heavy atom. The number of halogens is 1. The van der Waals surface area contributed by atoms with Crippen molar-refractivity contribution in [3.63, 3.8) is 0 Å². The largest absolute Gasteiger partial charge is 0.393 e. The summed E-state index contributed by atoms with van der Waals surface area (Å²) in [6.07, 6.45) is 3.76. The molecule has 0 amide bonds. The molecular formula is C10H14ClN3O. The molecule has 0 aromatic carbocycles. The van der Waals surface area contributed by atoms with Crippen LogP contribution in [0.3, 0.4) is 0 Å². The SMILES string of the molecule is C[C@H]1CN(c2nccnc2Cl)CC[C@H]1O. The zero-order valence-electron chi connectivity index (χ0n) is 8.60. The molecule has 0 unspecified atom stereocenters. The predicted octanol–water partition coefficient (Wildman–Crippen LogP) is 1.34. The highest BCUT2D eigenvalue weighted by atomic mass is 35.5. The van der Waals surface area contributed by atoms with Crippen molar-refractivity contribution in [2.75, 3.05) is 18.0 Å². The maximum atomic E-state index is 9.62. The quantitative estimate of drug-likeness (QED) is 0.787. The Morgan fingerprint density at radius 3 is 2.87 bits per heavy atom. The van der Waals surface area contributed by atoms with Crippen molar-refractivity contribution in [3.05, 3.63) is 17.5 Å². The molecule has 0 spiro atoms. The molecule has 1 saturated heterocycles. The third-order valence-electron chi connectivity index (χ3n) is 2.80. The van der Waals surface area contributed by atoms with E-state index in [4.69, 9.17) is 11.6 Å². The van der Waals surface area contributed by atoms with E-state index in [2.05, 4.69) is 14.9 Å². The summed E-state index contributed by atoms with van der Waals surface area (Å²) in [4.78, 5) is 10.3. The van der Waals surface area contributed by atoms with Gasteiger partial charge in [0.2, 0.25) is 0 Å². The summed E-state index contributed by atoms with van der Waals surface area (Å²) in [6, 6.07) is 0. The van der Waals surface area contributed by atoms with Crippen molar-refractivity contribution >= 4 is 17.4 Å². The van der Waals surface area contributed by atoms with E-state index in [9.17, 15) is 5.11 Å². The number of aromatic nitrogens is 2. The van der Waals surface area contributed by atoms with Crippen LogP contribution in [0.25, 0.3) is 0 Å². The first-order chi connectivity index (χ1) is 7.18. The maximum Gasteiger partial charge on any atom is 0.171 e. The minimum absolute atomic E-state index is 0.211. The van der Waals surface area contributed by atoms with E-state index in [1.54, 1.807) is 12.4 Å². The number of hydrogen-bond acceptors (Lipinski definition) is 4. The van der Waals surface area contributed by atoms with Gasteiger partial charge in [0.25, 0.3) is 0 Å². The second-order valence-corrected chi connectivity index (χ2v) is 4.31. The van der Waals surface area contributed by atoms with Crippen LogP contribution in [0, 0.1) is 5.92 Å². The molecule has 0 saturated carbocycles. The van der Waals surface area contributed by atoms with E-state index in [0.717, 1.165) is 25.3 Å². The fraction of sp³-hybridized carbons (Fsp3) is 0.600. The van der Waals surface area contributed by atoms with Gasteiger partial charge in [-0.25, -0.2) is 9.97 Å². The molecule has 4 nitrogen and oxygen atoms in total. The van der Waals surface area contributed by atoms with Gasteiger partial charge in [0.1, 0.15) is 0 Å². The number of nitrogens with zero attached hydrogens (tertiary/aromatic N) is 3. The van der Waals surface area contributed by atoms with Crippen molar-refractivity contribution in [3.8, 4) is 0 Å². The van der Waals surface area contributed by atoms with Crippen LogP contribution < -0.4 is 4.90 Å². The minimum atomic E-state index is -0.211. The third-order valence-corrected chi connectivity index (χ3v) is 3.06. The Morgan fingerprint density at radius 2 is 2.20 bits per heavy atom. The molecule has 15 heavy (non-hydrogen) atoms. The van der Waals surface area contributed by atoms with Crippen molar-refractivity contribution in [2.24, 2.45) is 5.92 Å². The van der Waals surface area contributed by atoms with Crippen molar-refractivity contribution < 1.29 is 5.11 Å². The van der Waals surface area contributed by atoms with Crippen LogP contribution in [0.15, 0.2) is 12.4 Å². The van der Waals surface area contributed by atoms with E-state index in [1.165, 1.54) is 0 Å². The van der Waals surface area contributed by atoms with Crippen LogP contribution in [-0.4, -0.2) is 34.3 Å². The van der Waals surface area contributed by atoms with Gasteiger partial charge in [-0.1, -0.05) is 18.5 Å². The van der Waals surface area contributed by atoms with Gasteiger partial charge in [-0.3, -0.25) is 0 Å². The summed E-state index contributed by atoms with van der Waals surface area (Å²) in [5, 5.41) is 10.0. The molecule has 1 aromatic heterocycles. The average Bonchev–Trinajstić information content (AvgIpc) is 2.23. The van der Waals surface area contributed by atoms with Crippen molar-refractivity contribution in [2.45, 2.75) is 19.4 Å². The highest BCUT2D eigenvalue weighted by Crippen LogP contribution is 2.25. The summed E-state index contributed by atoms with van der Waals surface area (Å²) < 4.78 is 0. The number of aliphatic hydroxyl groups is 1. The average molecular weight is 228 g/mol. The lowest BCUT2D eigenvalue weighted by Gasteiger charge is -2.35. The molecule has 0 aliphatic carbocycles. The van der Waals surface area contributed by atoms with Gasteiger partial charge < -0.3 is 10.0 Å². The summed E-state index contributed by atoms with van der Waals surface area (Å²) in [5.41, 5.74) is 0. The predicted molar refractivity (Wildman–Crippen MR) is 59.0 cm³/mol. The van der Waals surface area contributed by atoms with Crippen LogP contribution >= 0.6 is 11.6 Å². The highest BCUT2D eigenvalue weighted by molar-refractivity contribution is 6.31. The highest BCUT2D eigenvalue weighted by Gasteiger charge is 2.26. The Bertz CT molecular complexity index is 347. The molecule has 1 aliphatic heterocycles. The van der Waals surface area contributed by atoms with E-state index in [-0.39, 0.29) is 12.0 Å². The normalized spacial score (nSPS) is 26.7. The third kappa shape index (κ3) is 2.21. The molecule has 1 N–H and O–H groups in total. The molecule has 82 valence electrons. The number of hydrogen-bond donors (Lipinski definition) is 1. The first-order valence-electron chi connectivity index (χ1n) is 5.08. The summed E-state index contributed by atoms with van der Waals surface area (Å²) >= 11 is 5.96. The second kappa shape index (κ2) is 4.33. The Labute approximate surface area is 93.9 Å². The van der Waals surface area contributed by atoms with Gasteiger partial charge in [-0.15, -0.1) is 0 Å². The van der Waals surface area contributed by atoms with Gasteiger partial charge in [0.05, 0.1) is 6.10 Å². The molecule has 5 heteroatoms. The lowest BCUT2D eigenvalue weighted by Crippen LogP contribution is -2.42. The summed E-state index contributed by atoms with van der Waals surface area (Å²) in [5.74, 6) is 0.967. The maximum absolute atomic E-state index is 9.62. The van der Waals surface area contributed by atoms with Crippen molar-refractivity contribution in [1.29, 1.82) is 0 Å². The molecule has 2 atom stereocenters. The fourth-order valence-corrected chi connectivity index (χ4v) is 2.08. The summed E-state index contributed by atoms with van der Waals surface area (Å²) in [6.45, 7) is 3.59.